The molecule has 106 valence electrons. The molecule has 0 aromatic carbocycles. The van der Waals surface area contributed by atoms with Gasteiger partial charge in [-0.25, -0.2) is 8.78 Å². The van der Waals surface area contributed by atoms with Crippen LogP contribution in [0, 0.1) is 0 Å². The number of halogens is 6. The zero-order chi connectivity index (χ0) is 14.8. The van der Waals surface area contributed by atoms with Gasteiger partial charge in [-0.2, -0.15) is 13.2 Å². The molecule has 0 aliphatic rings. The third-order valence-electron chi connectivity index (χ3n) is 2.20. The second-order valence-electron chi connectivity index (χ2n) is 3.52. The van der Waals surface area contributed by atoms with Gasteiger partial charge in [-0.15, -0.1) is 11.6 Å². The number of pyridine rings is 1. The number of nitrogens with zero attached hydrogens (tertiary/aromatic N) is 1. The van der Waals surface area contributed by atoms with Crippen molar-refractivity contribution in [2.45, 2.75) is 24.9 Å². The molecule has 0 saturated heterocycles. The molecule has 0 spiro atoms. The number of rotatable bonds is 4. The summed E-state index contributed by atoms with van der Waals surface area (Å²) in [6, 6.07) is 0.202. The summed E-state index contributed by atoms with van der Waals surface area (Å²) in [6.45, 7) is 0. The summed E-state index contributed by atoms with van der Waals surface area (Å²) in [7, 11) is 0. The van der Waals surface area contributed by atoms with Crippen molar-refractivity contribution < 1.29 is 31.9 Å². The highest BCUT2D eigenvalue weighted by Crippen LogP contribution is 2.35. The first-order valence-corrected chi connectivity index (χ1v) is 5.36. The Bertz CT molecular complexity index is 490. The number of carbonyl (C=O) groups is 1. The minimum Gasteiger partial charge on any atom is -0.481 e. The number of hydrogen-bond donors (Lipinski definition) is 1. The van der Waals surface area contributed by atoms with Crippen molar-refractivity contribution in [3.8, 4) is 0 Å². The van der Waals surface area contributed by atoms with Gasteiger partial charge in [0.2, 0.25) is 0 Å². The normalized spacial score (nSPS) is 11.9. The van der Waals surface area contributed by atoms with Gasteiger partial charge in [-0.1, -0.05) is 0 Å². The van der Waals surface area contributed by atoms with Crippen LogP contribution in [0.2, 0.25) is 0 Å². The Morgan fingerprint density at radius 3 is 2.32 bits per heavy atom. The second kappa shape index (κ2) is 5.68. The summed E-state index contributed by atoms with van der Waals surface area (Å²) in [4.78, 5) is 13.8. The van der Waals surface area contributed by atoms with Crippen LogP contribution in [0.3, 0.4) is 0 Å². The highest BCUT2D eigenvalue weighted by molar-refractivity contribution is 6.17. The largest absolute Gasteiger partial charge is 0.481 e. The molecule has 0 unspecified atom stereocenters. The molecule has 3 nitrogen and oxygen atoms in total. The molecule has 9 heteroatoms. The minimum atomic E-state index is -4.97. The minimum absolute atomic E-state index is 0.202. The fourth-order valence-corrected chi connectivity index (χ4v) is 1.64. The fraction of sp³-hybridized carbons (Fsp3) is 0.400. The Morgan fingerprint density at radius 1 is 1.37 bits per heavy atom. The van der Waals surface area contributed by atoms with Crippen molar-refractivity contribution in [2.24, 2.45) is 0 Å². The Balaban J connectivity index is 3.48. The van der Waals surface area contributed by atoms with Crippen LogP contribution in [-0.4, -0.2) is 16.1 Å². The zero-order valence-corrected chi connectivity index (χ0v) is 9.90. The van der Waals surface area contributed by atoms with E-state index in [0.717, 1.165) is 0 Å². The Morgan fingerprint density at radius 2 is 1.95 bits per heavy atom. The van der Waals surface area contributed by atoms with Crippen LogP contribution in [0.4, 0.5) is 22.0 Å². The molecule has 0 saturated carbocycles. The van der Waals surface area contributed by atoms with Crippen LogP contribution in [0.15, 0.2) is 6.07 Å². The molecule has 1 N–H and O–H groups in total. The van der Waals surface area contributed by atoms with Gasteiger partial charge in [0.05, 0.1) is 29.3 Å². The molecule has 0 amide bonds. The highest BCUT2D eigenvalue weighted by Gasteiger charge is 2.36. The quantitative estimate of drug-likeness (QED) is 0.685. The highest BCUT2D eigenvalue weighted by atomic mass is 35.5. The zero-order valence-electron chi connectivity index (χ0n) is 9.14. The summed E-state index contributed by atoms with van der Waals surface area (Å²) in [6.07, 6.45) is -9.17. The van der Waals surface area contributed by atoms with Gasteiger partial charge in [0.15, 0.2) is 0 Å². The Hall–Kier alpha value is -1.44. The maximum Gasteiger partial charge on any atom is 0.418 e. The number of aliphatic carboxylic acids is 1. The molecule has 1 aromatic rings. The summed E-state index contributed by atoms with van der Waals surface area (Å²) in [5.41, 5.74) is -3.73. The van der Waals surface area contributed by atoms with E-state index in [1.54, 1.807) is 0 Å². The van der Waals surface area contributed by atoms with Crippen LogP contribution in [-0.2, 0) is 23.3 Å². The van der Waals surface area contributed by atoms with Crippen LogP contribution in [0.1, 0.15) is 28.9 Å². The van der Waals surface area contributed by atoms with E-state index in [-0.39, 0.29) is 6.07 Å². The molecular weight excluding hydrogens is 297 g/mol. The lowest BCUT2D eigenvalue weighted by atomic mass is 10.1. The molecule has 0 fully saturated rings. The van der Waals surface area contributed by atoms with Crippen molar-refractivity contribution in [1.29, 1.82) is 0 Å². The predicted octanol–water partition coefficient (Wildman–Crippen LogP) is 3.40. The van der Waals surface area contributed by atoms with Gasteiger partial charge < -0.3 is 5.11 Å². The first-order chi connectivity index (χ1) is 8.66. The van der Waals surface area contributed by atoms with Crippen molar-refractivity contribution in [1.82, 2.24) is 4.98 Å². The van der Waals surface area contributed by atoms with E-state index in [4.69, 9.17) is 16.7 Å². The third kappa shape index (κ3) is 3.76. The van der Waals surface area contributed by atoms with Gasteiger partial charge in [0.1, 0.15) is 0 Å². The third-order valence-corrected chi connectivity index (χ3v) is 2.45. The van der Waals surface area contributed by atoms with Gasteiger partial charge in [0, 0.05) is 5.56 Å². The van der Waals surface area contributed by atoms with E-state index in [2.05, 4.69) is 4.98 Å². The first kappa shape index (κ1) is 15.6. The lowest BCUT2D eigenvalue weighted by Crippen LogP contribution is -2.16. The average Bonchev–Trinajstić information content (AvgIpc) is 2.25. The average molecular weight is 304 g/mol. The van der Waals surface area contributed by atoms with E-state index in [1.165, 1.54) is 0 Å². The number of alkyl halides is 6. The lowest BCUT2D eigenvalue weighted by molar-refractivity contribution is -0.140. The van der Waals surface area contributed by atoms with Crippen molar-refractivity contribution in [2.75, 3.05) is 0 Å². The molecule has 0 aliphatic carbocycles. The maximum atomic E-state index is 12.7. The predicted molar refractivity (Wildman–Crippen MR) is 55.1 cm³/mol. The van der Waals surface area contributed by atoms with Crippen LogP contribution < -0.4 is 0 Å². The van der Waals surface area contributed by atoms with Crippen molar-refractivity contribution in [3.63, 3.8) is 0 Å². The molecular formula is C10H7ClF5NO2. The van der Waals surface area contributed by atoms with E-state index >= 15 is 0 Å². The standard InChI is InChI=1S/C10H7ClF5NO2/c11-3-7-4(9(12)13)1-5(10(14,15)16)6(17-7)2-8(18)19/h1,9H,2-3H2,(H,18,19). The Labute approximate surface area is 109 Å². The van der Waals surface area contributed by atoms with Gasteiger partial charge in [-0.05, 0) is 6.07 Å². The SMILES string of the molecule is O=C(O)Cc1nc(CCl)c(C(F)F)cc1C(F)(F)F. The summed E-state index contributed by atoms with van der Waals surface area (Å²) >= 11 is 5.33. The summed E-state index contributed by atoms with van der Waals surface area (Å²) < 4.78 is 63.2. The van der Waals surface area contributed by atoms with E-state index in [9.17, 15) is 26.7 Å². The van der Waals surface area contributed by atoms with Crippen molar-refractivity contribution >= 4 is 17.6 Å². The van der Waals surface area contributed by atoms with Crippen LogP contribution >= 0.6 is 11.6 Å². The van der Waals surface area contributed by atoms with Gasteiger partial charge in [-0.3, -0.25) is 9.78 Å². The van der Waals surface area contributed by atoms with Gasteiger partial charge >= 0.3 is 12.1 Å². The van der Waals surface area contributed by atoms with Crippen LogP contribution in [0.5, 0.6) is 0 Å². The first-order valence-electron chi connectivity index (χ1n) is 4.82. The van der Waals surface area contributed by atoms with E-state index in [0.29, 0.717) is 0 Å². The van der Waals surface area contributed by atoms with Gasteiger partial charge in [0.25, 0.3) is 6.43 Å². The smallest absolute Gasteiger partial charge is 0.418 e. The summed E-state index contributed by atoms with van der Waals surface area (Å²) in [5.74, 6) is -2.09. The molecule has 1 aromatic heterocycles. The molecule has 0 atom stereocenters. The molecule has 1 heterocycles. The molecule has 0 radical (unpaired) electrons. The van der Waals surface area contributed by atoms with Crippen LogP contribution in [0.25, 0.3) is 0 Å². The number of carboxylic acid groups (broad SMARTS) is 1. The fourth-order valence-electron chi connectivity index (χ4n) is 1.43. The Kier molecular flexibility index (Phi) is 4.67. The number of aromatic nitrogens is 1. The monoisotopic (exact) mass is 303 g/mol. The number of hydrogen-bond acceptors (Lipinski definition) is 2. The number of carboxylic acids is 1. The van der Waals surface area contributed by atoms with E-state index in [1.807, 2.05) is 0 Å². The summed E-state index contributed by atoms with van der Waals surface area (Å²) in [5, 5.41) is 8.51. The topological polar surface area (TPSA) is 50.2 Å². The molecule has 0 aliphatic heterocycles. The van der Waals surface area contributed by atoms with E-state index < -0.39 is 53.4 Å². The molecule has 1 rings (SSSR count). The maximum absolute atomic E-state index is 12.7. The second-order valence-corrected chi connectivity index (χ2v) is 3.79. The molecule has 19 heavy (non-hydrogen) atoms. The molecule has 0 bridgehead atoms. The lowest BCUT2D eigenvalue weighted by Gasteiger charge is -2.15. The van der Waals surface area contributed by atoms with Crippen molar-refractivity contribution in [3.05, 3.63) is 28.6 Å².